The van der Waals surface area contributed by atoms with E-state index in [-0.39, 0.29) is 35.9 Å². The van der Waals surface area contributed by atoms with E-state index in [1.54, 1.807) is 4.90 Å². The van der Waals surface area contributed by atoms with Crippen molar-refractivity contribution in [3.63, 3.8) is 0 Å². The SMILES string of the molecule is CC(C)(C)OC(=O)N1CCCC[C@@H]1COC(=O)NC(Cc1ccccc1)B1O[C@@H]2C[C@@H]3C[C@@H](C3(C)C)[C@]2(C)O1. The first-order valence-corrected chi connectivity index (χ1v) is 14.7. The molecule has 2 aliphatic heterocycles. The zero-order valence-corrected chi connectivity index (χ0v) is 24.4. The van der Waals surface area contributed by atoms with Crippen LogP contribution in [0.3, 0.4) is 0 Å². The molecule has 0 radical (unpaired) electrons. The lowest BCUT2D eigenvalue weighted by Gasteiger charge is -2.64. The van der Waals surface area contributed by atoms with Gasteiger partial charge in [-0.1, -0.05) is 44.2 Å². The van der Waals surface area contributed by atoms with Gasteiger partial charge < -0.3 is 29.0 Å². The van der Waals surface area contributed by atoms with Gasteiger partial charge in [-0.3, -0.25) is 0 Å². The first-order valence-electron chi connectivity index (χ1n) is 14.7. The fraction of sp³-hybridized carbons (Fsp3) is 0.733. The predicted molar refractivity (Wildman–Crippen MR) is 149 cm³/mol. The van der Waals surface area contributed by atoms with E-state index in [0.29, 0.717) is 24.8 Å². The Morgan fingerprint density at radius 1 is 1.15 bits per heavy atom. The molecule has 9 heteroatoms. The van der Waals surface area contributed by atoms with Gasteiger partial charge in [-0.2, -0.15) is 0 Å². The Bertz CT molecular complexity index is 1050. The van der Waals surface area contributed by atoms with Gasteiger partial charge in [-0.25, -0.2) is 9.59 Å². The number of ether oxygens (including phenoxy) is 2. The zero-order valence-electron chi connectivity index (χ0n) is 24.4. The molecule has 6 atom stereocenters. The minimum Gasteiger partial charge on any atom is -0.447 e. The highest BCUT2D eigenvalue weighted by Crippen LogP contribution is 2.65. The second-order valence-electron chi connectivity index (χ2n) is 13.7. The second-order valence-corrected chi connectivity index (χ2v) is 13.7. The number of hydrogen-bond acceptors (Lipinski definition) is 6. The van der Waals surface area contributed by atoms with E-state index in [1.165, 1.54) is 6.42 Å². The largest absolute Gasteiger partial charge is 0.482 e. The molecule has 0 spiro atoms. The summed E-state index contributed by atoms with van der Waals surface area (Å²) in [5.41, 5.74) is 0.389. The molecule has 6 rings (SSSR count). The fourth-order valence-corrected chi connectivity index (χ4v) is 7.25. The molecule has 2 heterocycles. The maximum absolute atomic E-state index is 13.1. The summed E-state index contributed by atoms with van der Waals surface area (Å²) in [5, 5.41) is 3.06. The van der Waals surface area contributed by atoms with Gasteiger partial charge in [0.15, 0.2) is 0 Å². The van der Waals surface area contributed by atoms with Gasteiger partial charge >= 0.3 is 19.3 Å². The van der Waals surface area contributed by atoms with Crippen LogP contribution in [-0.2, 0) is 25.2 Å². The standard InChI is InChI=1S/C30H45BN2O6/c1-28(2,3)37-27(35)33-15-11-10-14-22(33)19-36-26(34)32-25(16-20-12-8-7-9-13-20)31-38-24-18-21-17-23(29(21,4)5)30(24,6)39-31/h7-9,12-13,21-25H,10-11,14-19H2,1-6H3,(H,32,34)/t21-,22+,23-,24+,25?,30-/m0/s1. The minimum absolute atomic E-state index is 0.0278. The molecular weight excluding hydrogens is 495 g/mol. The molecule has 5 aliphatic rings. The molecule has 2 bridgehead atoms. The molecule has 0 aromatic heterocycles. The van der Waals surface area contributed by atoms with E-state index < -0.39 is 24.8 Å². The summed E-state index contributed by atoms with van der Waals surface area (Å²) in [6.45, 7) is 13.2. The molecule has 2 saturated heterocycles. The molecule has 5 fully saturated rings. The Morgan fingerprint density at radius 3 is 2.59 bits per heavy atom. The number of nitrogens with zero attached hydrogens (tertiary/aromatic N) is 1. The molecule has 3 aliphatic carbocycles. The summed E-state index contributed by atoms with van der Waals surface area (Å²) in [6.07, 6.45) is 4.53. The highest BCUT2D eigenvalue weighted by molar-refractivity contribution is 6.47. The number of hydrogen-bond donors (Lipinski definition) is 1. The van der Waals surface area contributed by atoms with Crippen molar-refractivity contribution in [2.75, 3.05) is 13.2 Å². The lowest BCUT2D eigenvalue weighted by molar-refractivity contribution is -0.199. The van der Waals surface area contributed by atoms with Crippen LogP contribution in [0.4, 0.5) is 9.59 Å². The van der Waals surface area contributed by atoms with Gasteiger partial charge in [0.25, 0.3) is 0 Å². The molecule has 3 saturated carbocycles. The summed E-state index contributed by atoms with van der Waals surface area (Å²) in [7, 11) is -0.559. The van der Waals surface area contributed by atoms with Crippen LogP contribution in [0.1, 0.15) is 79.2 Å². The Labute approximate surface area is 233 Å². The summed E-state index contributed by atoms with van der Waals surface area (Å²) in [5.74, 6) is 0.681. The molecular formula is C30H45BN2O6. The van der Waals surface area contributed by atoms with Crippen molar-refractivity contribution in [3.05, 3.63) is 35.9 Å². The third kappa shape index (κ3) is 5.80. The lowest BCUT2D eigenvalue weighted by atomic mass is 9.43. The van der Waals surface area contributed by atoms with Crippen LogP contribution in [0.2, 0.25) is 0 Å². The first kappa shape index (κ1) is 28.3. The number of carbonyl (C=O) groups is 2. The van der Waals surface area contributed by atoms with Crippen LogP contribution in [0.5, 0.6) is 0 Å². The van der Waals surface area contributed by atoms with Gasteiger partial charge in [0, 0.05) is 6.54 Å². The normalized spacial score (nSPS) is 32.1. The van der Waals surface area contributed by atoms with Crippen molar-refractivity contribution >= 4 is 19.3 Å². The third-order valence-electron chi connectivity index (χ3n) is 9.56. The number of piperidine rings is 1. The summed E-state index contributed by atoms with van der Waals surface area (Å²) in [6, 6.07) is 9.85. The van der Waals surface area contributed by atoms with Crippen molar-refractivity contribution in [1.29, 1.82) is 0 Å². The van der Waals surface area contributed by atoms with Crippen LogP contribution in [0.15, 0.2) is 30.3 Å². The van der Waals surface area contributed by atoms with Crippen LogP contribution < -0.4 is 5.32 Å². The number of amides is 2. The van der Waals surface area contributed by atoms with Crippen LogP contribution in [0, 0.1) is 17.3 Å². The lowest BCUT2D eigenvalue weighted by Crippen LogP contribution is -2.65. The Hall–Kier alpha value is -2.26. The molecule has 1 aromatic carbocycles. The molecule has 2 amide bonds. The maximum Gasteiger partial charge on any atom is 0.482 e. The van der Waals surface area contributed by atoms with Crippen LogP contribution in [0.25, 0.3) is 0 Å². The maximum atomic E-state index is 13.1. The molecule has 1 N–H and O–H groups in total. The zero-order chi connectivity index (χ0) is 28.0. The summed E-state index contributed by atoms with van der Waals surface area (Å²) >= 11 is 0. The average molecular weight is 541 g/mol. The molecule has 214 valence electrons. The smallest absolute Gasteiger partial charge is 0.447 e. The van der Waals surface area contributed by atoms with E-state index >= 15 is 0 Å². The van der Waals surface area contributed by atoms with E-state index in [4.69, 9.17) is 18.8 Å². The van der Waals surface area contributed by atoms with Crippen LogP contribution >= 0.6 is 0 Å². The summed E-state index contributed by atoms with van der Waals surface area (Å²) < 4.78 is 24.5. The van der Waals surface area contributed by atoms with Gasteiger partial charge in [0.2, 0.25) is 0 Å². The molecule has 8 nitrogen and oxygen atoms in total. The molecule has 39 heavy (non-hydrogen) atoms. The first-order chi connectivity index (χ1) is 18.4. The number of carbonyl (C=O) groups excluding carboxylic acids is 2. The third-order valence-corrected chi connectivity index (χ3v) is 9.56. The van der Waals surface area contributed by atoms with Crippen molar-refractivity contribution in [3.8, 4) is 0 Å². The second kappa shape index (κ2) is 10.6. The van der Waals surface area contributed by atoms with Gasteiger partial charge in [-0.15, -0.1) is 0 Å². The minimum atomic E-state index is -0.577. The highest BCUT2D eigenvalue weighted by Gasteiger charge is 2.68. The Balaban J connectivity index is 1.24. The van der Waals surface area contributed by atoms with Crippen LogP contribution in [-0.4, -0.2) is 66.6 Å². The summed E-state index contributed by atoms with van der Waals surface area (Å²) in [4.78, 5) is 27.6. The van der Waals surface area contributed by atoms with E-state index in [2.05, 4.69) is 26.1 Å². The van der Waals surface area contributed by atoms with Gasteiger partial charge in [0.1, 0.15) is 12.2 Å². The molecule has 1 aromatic rings. The van der Waals surface area contributed by atoms with Gasteiger partial charge in [0.05, 0.1) is 23.7 Å². The number of likely N-dealkylation sites (tertiary alicyclic amines) is 1. The van der Waals surface area contributed by atoms with Crippen molar-refractivity contribution in [2.45, 2.75) is 109 Å². The van der Waals surface area contributed by atoms with Crippen molar-refractivity contribution in [1.82, 2.24) is 10.2 Å². The number of rotatable bonds is 6. The van der Waals surface area contributed by atoms with E-state index in [1.807, 2.05) is 51.1 Å². The van der Waals surface area contributed by atoms with E-state index in [0.717, 1.165) is 31.2 Å². The quantitative estimate of drug-likeness (QED) is 0.488. The average Bonchev–Trinajstić information content (AvgIpc) is 3.24. The Kier molecular flexibility index (Phi) is 7.70. The monoisotopic (exact) mass is 540 g/mol. The number of nitrogens with one attached hydrogen (secondary N) is 1. The molecule has 1 unspecified atom stereocenters. The van der Waals surface area contributed by atoms with Gasteiger partial charge in [-0.05, 0) is 89.0 Å². The van der Waals surface area contributed by atoms with Crippen molar-refractivity contribution < 1.29 is 28.4 Å². The topological polar surface area (TPSA) is 86.3 Å². The fourth-order valence-electron chi connectivity index (χ4n) is 7.25. The van der Waals surface area contributed by atoms with Crippen molar-refractivity contribution in [2.24, 2.45) is 17.3 Å². The number of alkyl carbamates (subject to hydrolysis) is 1. The highest BCUT2D eigenvalue weighted by atomic mass is 16.7. The van der Waals surface area contributed by atoms with E-state index in [9.17, 15) is 9.59 Å². The number of benzene rings is 1. The Morgan fingerprint density at radius 2 is 1.90 bits per heavy atom. The predicted octanol–water partition coefficient (Wildman–Crippen LogP) is 5.38.